The van der Waals surface area contributed by atoms with Crippen molar-refractivity contribution in [3.63, 3.8) is 0 Å². The molecule has 1 aliphatic heterocycles. The smallest absolute Gasteiger partial charge is 0.204 e. The molecule has 1 heterocycles. The minimum absolute atomic E-state index is 0.236. The van der Waals surface area contributed by atoms with Crippen LogP contribution in [0.15, 0.2) is 102 Å². The Bertz CT molecular complexity index is 1680. The number of rotatable bonds is 2. The highest BCUT2D eigenvalue weighted by Crippen LogP contribution is 2.67. The first-order valence-corrected chi connectivity index (χ1v) is 13.5. The normalized spacial score (nSPS) is 22.1. The summed E-state index contributed by atoms with van der Waals surface area (Å²) < 4.78 is 7.49. The molecule has 0 N–H and O–H groups in total. The number of benzene rings is 4. The van der Waals surface area contributed by atoms with Crippen LogP contribution in [0.1, 0.15) is 70.1 Å². The molecule has 0 aromatic heterocycles. The highest BCUT2D eigenvalue weighted by atomic mass is 79.9. The van der Waals surface area contributed by atoms with Crippen molar-refractivity contribution >= 4 is 39.1 Å². The van der Waals surface area contributed by atoms with Gasteiger partial charge in [-0.25, -0.2) is 0 Å². The summed E-state index contributed by atoms with van der Waals surface area (Å²) in [6.07, 6.45) is -1.17. The fourth-order valence-electron chi connectivity index (χ4n) is 6.82. The van der Waals surface area contributed by atoms with Crippen molar-refractivity contribution in [2.24, 2.45) is 5.41 Å². The van der Waals surface area contributed by atoms with Crippen LogP contribution in [0.25, 0.3) is 0 Å². The van der Waals surface area contributed by atoms with Crippen molar-refractivity contribution in [3.8, 4) is 0 Å². The van der Waals surface area contributed by atoms with Gasteiger partial charge in [0.2, 0.25) is 17.2 Å². The van der Waals surface area contributed by atoms with E-state index >= 15 is 0 Å². The first-order valence-electron chi connectivity index (χ1n) is 12.7. The van der Waals surface area contributed by atoms with Gasteiger partial charge in [-0.3, -0.25) is 19.2 Å². The van der Waals surface area contributed by atoms with Crippen molar-refractivity contribution in [2.45, 2.75) is 24.5 Å². The van der Waals surface area contributed by atoms with Crippen LogP contribution in [0.3, 0.4) is 0 Å². The molecule has 0 bridgehead atoms. The zero-order valence-corrected chi connectivity index (χ0v) is 22.4. The van der Waals surface area contributed by atoms with Gasteiger partial charge in [-0.15, -0.1) is 0 Å². The molecule has 2 atom stereocenters. The van der Waals surface area contributed by atoms with Crippen LogP contribution in [0.5, 0.6) is 0 Å². The Balaban J connectivity index is 1.60. The van der Waals surface area contributed by atoms with E-state index in [0.29, 0.717) is 11.1 Å². The maximum atomic E-state index is 14.6. The first-order chi connectivity index (χ1) is 18.8. The van der Waals surface area contributed by atoms with Crippen LogP contribution < -0.4 is 0 Å². The van der Waals surface area contributed by atoms with Crippen LogP contribution in [-0.2, 0) is 4.74 Å². The van der Waals surface area contributed by atoms with E-state index in [-0.39, 0.29) is 22.3 Å². The fourth-order valence-corrected chi connectivity index (χ4v) is 7.08. The van der Waals surface area contributed by atoms with Crippen LogP contribution in [0.2, 0.25) is 0 Å². The number of Topliss-reactive ketones (excluding diaryl/α,β-unsaturated/α-hetero) is 4. The molecule has 5 nitrogen and oxygen atoms in total. The lowest BCUT2D eigenvalue weighted by Gasteiger charge is -2.34. The van der Waals surface area contributed by atoms with Crippen molar-refractivity contribution in [1.82, 2.24) is 0 Å². The summed E-state index contributed by atoms with van der Waals surface area (Å²) in [5.74, 6) is -3.11. The van der Waals surface area contributed by atoms with Gasteiger partial charge in [0.1, 0.15) is 11.5 Å². The van der Waals surface area contributed by atoms with Gasteiger partial charge in [0.15, 0.2) is 11.6 Å². The summed E-state index contributed by atoms with van der Waals surface area (Å²) in [6, 6.07) is 27.7. The van der Waals surface area contributed by atoms with E-state index < -0.39 is 46.2 Å². The van der Waals surface area contributed by atoms with Crippen LogP contribution in [-0.4, -0.2) is 28.7 Å². The maximum Gasteiger partial charge on any atom is 0.204 e. The molecule has 0 amide bonds. The quantitative estimate of drug-likeness (QED) is 0.255. The summed E-state index contributed by atoms with van der Waals surface area (Å²) in [5.41, 5.74) is -0.942. The average molecular weight is 577 g/mol. The molecule has 7 rings (SSSR count). The molecule has 4 aromatic carbocycles. The van der Waals surface area contributed by atoms with Gasteiger partial charge in [0, 0.05) is 26.7 Å². The molecule has 4 aromatic rings. The van der Waals surface area contributed by atoms with Gasteiger partial charge in [0.05, 0.1) is 5.92 Å². The van der Waals surface area contributed by atoms with Crippen LogP contribution in [0, 0.1) is 12.3 Å². The lowest BCUT2D eigenvalue weighted by Crippen LogP contribution is -2.51. The van der Waals surface area contributed by atoms with Crippen molar-refractivity contribution in [2.75, 3.05) is 0 Å². The Labute approximate surface area is 232 Å². The number of halogens is 1. The molecular formula is C33H21BrO5. The minimum Gasteiger partial charge on any atom is -0.348 e. The second-order valence-electron chi connectivity index (χ2n) is 10.4. The Morgan fingerprint density at radius 1 is 0.615 bits per heavy atom. The summed E-state index contributed by atoms with van der Waals surface area (Å²) >= 11 is 3.46. The Hall–Kier alpha value is -4.00. The zero-order valence-electron chi connectivity index (χ0n) is 20.8. The van der Waals surface area contributed by atoms with E-state index in [9.17, 15) is 19.2 Å². The lowest BCUT2D eigenvalue weighted by molar-refractivity contribution is -0.0210. The van der Waals surface area contributed by atoms with Gasteiger partial charge < -0.3 is 4.74 Å². The molecule has 0 radical (unpaired) electrons. The number of carbonyl (C=O) groups is 4. The predicted molar refractivity (Wildman–Crippen MR) is 147 cm³/mol. The number of hydrogen-bond acceptors (Lipinski definition) is 5. The molecule has 1 saturated heterocycles. The fraction of sp³-hybridized carbons (Fsp3) is 0.152. The second kappa shape index (κ2) is 8.25. The third kappa shape index (κ3) is 2.93. The summed E-state index contributed by atoms with van der Waals surface area (Å²) in [6.45, 7) is 1.90. The maximum absolute atomic E-state index is 14.6. The molecule has 3 aliphatic rings. The lowest BCUT2D eigenvalue weighted by atomic mass is 9.60. The number of ether oxygens (including phenoxy) is 1. The van der Waals surface area contributed by atoms with Gasteiger partial charge in [-0.05, 0) is 30.2 Å². The van der Waals surface area contributed by atoms with E-state index in [4.69, 9.17) is 4.74 Å². The van der Waals surface area contributed by atoms with Crippen LogP contribution >= 0.6 is 15.9 Å². The molecule has 0 saturated carbocycles. The third-order valence-corrected chi connectivity index (χ3v) is 8.91. The Morgan fingerprint density at radius 3 is 1.64 bits per heavy atom. The minimum atomic E-state index is -2.08. The average Bonchev–Trinajstić information content (AvgIpc) is 3.48. The number of ketones is 4. The predicted octanol–water partition coefficient (Wildman–Crippen LogP) is 6.50. The topological polar surface area (TPSA) is 77.5 Å². The summed E-state index contributed by atoms with van der Waals surface area (Å²) in [5, 5.41) is 0. The molecule has 2 aliphatic carbocycles. The second-order valence-corrected chi connectivity index (χ2v) is 11.3. The first kappa shape index (κ1) is 24.1. The molecular weight excluding hydrogens is 556 g/mol. The Kier molecular flexibility index (Phi) is 5.09. The third-order valence-electron chi connectivity index (χ3n) is 8.39. The molecule has 39 heavy (non-hydrogen) atoms. The molecule has 2 spiro atoms. The van der Waals surface area contributed by atoms with E-state index in [1.54, 1.807) is 78.9 Å². The molecule has 1 fully saturated rings. The summed E-state index contributed by atoms with van der Waals surface area (Å²) in [4.78, 5) is 58.0. The number of hydrogen-bond donors (Lipinski definition) is 0. The van der Waals surface area contributed by atoms with Gasteiger partial charge in [-0.2, -0.15) is 0 Å². The molecule has 6 heteroatoms. The summed E-state index contributed by atoms with van der Waals surface area (Å²) in [7, 11) is 0. The monoisotopic (exact) mass is 576 g/mol. The standard InChI is InChI=1S/C33H21BrO5/c1-18-7-6-8-20(17-18)31-32(27(35)22-9-2-3-10-23(22)28(32)36)26(19-13-15-21(34)16-14-19)33(39-31)29(37)24-11-4-5-12-25(24)30(33)38/h2-17,26,31H,1H3/t26-,31+/m1/s1. The zero-order chi connectivity index (χ0) is 27.1. The number of fused-ring (bicyclic) bond motifs is 2. The van der Waals surface area contributed by atoms with E-state index in [1.165, 1.54) is 0 Å². The SMILES string of the molecule is Cc1cccc([C@@H]2OC3(C(=O)c4ccccc4C3=O)[C@H](c3ccc(Br)cc3)C23C(=O)c2ccccc2C3=O)c1. The van der Waals surface area contributed by atoms with Crippen LogP contribution in [0.4, 0.5) is 0 Å². The van der Waals surface area contributed by atoms with E-state index in [2.05, 4.69) is 15.9 Å². The number of aryl methyl sites for hydroxylation is 1. The van der Waals surface area contributed by atoms with Gasteiger partial charge in [-0.1, -0.05) is 106 Å². The van der Waals surface area contributed by atoms with E-state index in [0.717, 1.165) is 10.0 Å². The van der Waals surface area contributed by atoms with Crippen molar-refractivity contribution < 1.29 is 23.9 Å². The highest BCUT2D eigenvalue weighted by Gasteiger charge is 2.79. The van der Waals surface area contributed by atoms with Gasteiger partial charge >= 0.3 is 0 Å². The number of carbonyl (C=O) groups excluding carboxylic acids is 4. The van der Waals surface area contributed by atoms with Gasteiger partial charge in [0.25, 0.3) is 0 Å². The van der Waals surface area contributed by atoms with Crippen molar-refractivity contribution in [3.05, 3.63) is 140 Å². The molecule has 0 unspecified atom stereocenters. The largest absolute Gasteiger partial charge is 0.348 e. The van der Waals surface area contributed by atoms with E-state index in [1.807, 2.05) is 25.1 Å². The highest BCUT2D eigenvalue weighted by molar-refractivity contribution is 9.10. The molecule has 190 valence electrons. The Morgan fingerprint density at radius 2 is 1.13 bits per heavy atom. The van der Waals surface area contributed by atoms with Crippen molar-refractivity contribution in [1.29, 1.82) is 0 Å².